The van der Waals surface area contributed by atoms with Crippen molar-refractivity contribution < 1.29 is 18.0 Å². The number of nitrogens with one attached hydrogen (secondary N) is 3. The van der Waals surface area contributed by atoms with Crippen LogP contribution < -0.4 is 15.4 Å². The Bertz CT molecular complexity index is 944. The average Bonchev–Trinajstić information content (AvgIpc) is 2.57. The molecule has 0 saturated carbocycles. The van der Waals surface area contributed by atoms with Crippen LogP contribution in [0.25, 0.3) is 0 Å². The second-order valence-electron chi connectivity index (χ2n) is 5.96. The number of benzene rings is 2. The van der Waals surface area contributed by atoms with Crippen LogP contribution in [0.4, 0.5) is 11.4 Å². The zero-order valence-corrected chi connectivity index (χ0v) is 16.4. The molecule has 0 aromatic heterocycles. The standard InChI is InChI=1S/C18H20ClN3O4S/c1-12-3-8-15(11-16(12)22-27(2,25)26)21-17(23)9-10-20-18(24)13-4-6-14(19)7-5-13/h3-8,11,22H,9-10H2,1-2H3,(H,20,24)(H,21,23). The fourth-order valence-corrected chi connectivity index (χ4v) is 2.97. The quantitative estimate of drug-likeness (QED) is 0.653. The Morgan fingerprint density at radius 2 is 1.74 bits per heavy atom. The van der Waals surface area contributed by atoms with E-state index in [1.54, 1.807) is 49.4 Å². The van der Waals surface area contributed by atoms with Crippen LogP contribution in [0.3, 0.4) is 0 Å². The summed E-state index contributed by atoms with van der Waals surface area (Å²) in [7, 11) is -3.42. The smallest absolute Gasteiger partial charge is 0.251 e. The fraction of sp³-hybridized carbons (Fsp3) is 0.222. The molecule has 0 unspecified atom stereocenters. The zero-order valence-electron chi connectivity index (χ0n) is 14.9. The van der Waals surface area contributed by atoms with Gasteiger partial charge in [0.15, 0.2) is 0 Å². The first-order chi connectivity index (χ1) is 12.6. The molecule has 27 heavy (non-hydrogen) atoms. The minimum absolute atomic E-state index is 0.0715. The van der Waals surface area contributed by atoms with Crippen molar-refractivity contribution in [3.8, 4) is 0 Å². The molecular formula is C18H20ClN3O4S. The van der Waals surface area contributed by atoms with Gasteiger partial charge in [0.1, 0.15) is 0 Å². The van der Waals surface area contributed by atoms with Crippen LogP contribution in [0.15, 0.2) is 42.5 Å². The molecule has 0 radical (unpaired) electrons. The maximum atomic E-state index is 12.0. The number of aryl methyl sites for hydroxylation is 1. The SMILES string of the molecule is Cc1ccc(NC(=O)CCNC(=O)c2ccc(Cl)cc2)cc1NS(C)(=O)=O. The number of anilines is 2. The molecule has 0 aliphatic rings. The first kappa shape index (κ1) is 20.7. The maximum absolute atomic E-state index is 12.0. The zero-order chi connectivity index (χ0) is 20.0. The second-order valence-corrected chi connectivity index (χ2v) is 8.15. The molecule has 2 aromatic rings. The van der Waals surface area contributed by atoms with Crippen molar-refractivity contribution in [3.63, 3.8) is 0 Å². The van der Waals surface area contributed by atoms with Gasteiger partial charge in [-0.15, -0.1) is 0 Å². The van der Waals surface area contributed by atoms with E-state index < -0.39 is 10.0 Å². The number of carbonyl (C=O) groups is 2. The van der Waals surface area contributed by atoms with Gasteiger partial charge in [-0.1, -0.05) is 17.7 Å². The van der Waals surface area contributed by atoms with Crippen LogP contribution in [0.2, 0.25) is 5.02 Å². The monoisotopic (exact) mass is 409 g/mol. The van der Waals surface area contributed by atoms with Crippen molar-refractivity contribution in [2.24, 2.45) is 0 Å². The molecule has 0 saturated heterocycles. The summed E-state index contributed by atoms with van der Waals surface area (Å²) in [6.45, 7) is 1.92. The largest absolute Gasteiger partial charge is 0.352 e. The van der Waals surface area contributed by atoms with E-state index in [1.807, 2.05) is 0 Å². The third-order valence-electron chi connectivity index (χ3n) is 3.56. The normalized spacial score (nSPS) is 10.9. The second kappa shape index (κ2) is 8.88. The van der Waals surface area contributed by atoms with Crippen LogP contribution >= 0.6 is 11.6 Å². The van der Waals surface area contributed by atoms with E-state index in [9.17, 15) is 18.0 Å². The Balaban J connectivity index is 1.87. The highest BCUT2D eigenvalue weighted by Crippen LogP contribution is 2.21. The molecule has 2 aromatic carbocycles. The topological polar surface area (TPSA) is 104 Å². The summed E-state index contributed by atoms with van der Waals surface area (Å²) in [4.78, 5) is 24.0. The van der Waals surface area contributed by atoms with Gasteiger partial charge in [0, 0.05) is 29.2 Å². The summed E-state index contributed by atoms with van der Waals surface area (Å²) < 4.78 is 25.2. The molecule has 7 nitrogen and oxygen atoms in total. The number of hydrogen-bond acceptors (Lipinski definition) is 4. The molecule has 2 amide bonds. The van der Waals surface area contributed by atoms with Crippen molar-refractivity contribution >= 4 is 44.8 Å². The van der Waals surface area contributed by atoms with E-state index in [0.29, 0.717) is 22.0 Å². The van der Waals surface area contributed by atoms with Crippen LogP contribution in [-0.4, -0.2) is 33.0 Å². The molecule has 2 rings (SSSR count). The van der Waals surface area contributed by atoms with E-state index in [0.717, 1.165) is 11.8 Å². The van der Waals surface area contributed by atoms with Gasteiger partial charge in [0.2, 0.25) is 15.9 Å². The molecule has 0 bridgehead atoms. The highest BCUT2D eigenvalue weighted by atomic mass is 35.5. The number of amides is 2. The highest BCUT2D eigenvalue weighted by molar-refractivity contribution is 7.92. The minimum atomic E-state index is -3.42. The maximum Gasteiger partial charge on any atom is 0.251 e. The third kappa shape index (κ3) is 6.92. The lowest BCUT2D eigenvalue weighted by Gasteiger charge is -2.11. The summed E-state index contributed by atoms with van der Waals surface area (Å²) in [6, 6.07) is 11.3. The summed E-state index contributed by atoms with van der Waals surface area (Å²) in [5.41, 5.74) is 2.04. The average molecular weight is 410 g/mol. The molecule has 9 heteroatoms. The van der Waals surface area contributed by atoms with Crippen molar-refractivity contribution in [1.82, 2.24) is 5.32 Å². The van der Waals surface area contributed by atoms with E-state index >= 15 is 0 Å². The van der Waals surface area contributed by atoms with Gasteiger partial charge in [0.05, 0.1) is 11.9 Å². The molecule has 0 atom stereocenters. The summed E-state index contributed by atoms with van der Waals surface area (Å²) in [6.07, 6.45) is 1.13. The van der Waals surface area contributed by atoms with Gasteiger partial charge in [-0.3, -0.25) is 14.3 Å². The fourth-order valence-electron chi connectivity index (χ4n) is 2.23. The molecule has 0 aliphatic carbocycles. The molecule has 0 fully saturated rings. The third-order valence-corrected chi connectivity index (χ3v) is 4.40. The predicted molar refractivity (Wildman–Crippen MR) is 107 cm³/mol. The number of rotatable bonds is 7. The summed E-state index contributed by atoms with van der Waals surface area (Å²) >= 11 is 5.77. The van der Waals surface area contributed by atoms with Crippen molar-refractivity contribution in [2.45, 2.75) is 13.3 Å². The van der Waals surface area contributed by atoms with E-state index in [-0.39, 0.29) is 24.8 Å². The Labute approximate surface area is 163 Å². The Morgan fingerprint density at radius 3 is 2.37 bits per heavy atom. The lowest BCUT2D eigenvalue weighted by molar-refractivity contribution is -0.116. The first-order valence-electron chi connectivity index (χ1n) is 8.06. The molecule has 3 N–H and O–H groups in total. The van der Waals surface area contributed by atoms with Crippen molar-refractivity contribution in [1.29, 1.82) is 0 Å². The van der Waals surface area contributed by atoms with E-state index in [1.165, 1.54) is 0 Å². The van der Waals surface area contributed by atoms with Crippen LogP contribution in [0.5, 0.6) is 0 Å². The number of sulfonamides is 1. The molecule has 0 aliphatic heterocycles. The Kier molecular flexibility index (Phi) is 6.81. The van der Waals surface area contributed by atoms with Crippen molar-refractivity contribution in [2.75, 3.05) is 22.8 Å². The van der Waals surface area contributed by atoms with Gasteiger partial charge in [-0.05, 0) is 48.9 Å². The van der Waals surface area contributed by atoms with Crippen LogP contribution in [-0.2, 0) is 14.8 Å². The molecule has 144 valence electrons. The van der Waals surface area contributed by atoms with Gasteiger partial charge in [-0.2, -0.15) is 0 Å². The van der Waals surface area contributed by atoms with Gasteiger partial charge < -0.3 is 10.6 Å². The number of carbonyl (C=O) groups excluding carboxylic acids is 2. The first-order valence-corrected chi connectivity index (χ1v) is 10.3. The van der Waals surface area contributed by atoms with Crippen LogP contribution in [0.1, 0.15) is 22.3 Å². The number of halogens is 1. The summed E-state index contributed by atoms with van der Waals surface area (Å²) in [5, 5.41) is 5.86. The lowest BCUT2D eigenvalue weighted by Crippen LogP contribution is -2.27. The van der Waals surface area contributed by atoms with Gasteiger partial charge >= 0.3 is 0 Å². The predicted octanol–water partition coefficient (Wildman–Crippen LogP) is 2.78. The van der Waals surface area contributed by atoms with Crippen molar-refractivity contribution in [3.05, 3.63) is 58.6 Å². The van der Waals surface area contributed by atoms with Gasteiger partial charge in [-0.25, -0.2) is 8.42 Å². The van der Waals surface area contributed by atoms with E-state index in [2.05, 4.69) is 15.4 Å². The highest BCUT2D eigenvalue weighted by Gasteiger charge is 2.09. The molecule has 0 spiro atoms. The van der Waals surface area contributed by atoms with E-state index in [4.69, 9.17) is 11.6 Å². The van der Waals surface area contributed by atoms with Crippen LogP contribution in [0, 0.1) is 6.92 Å². The Hall–Kier alpha value is -2.58. The summed E-state index contributed by atoms with van der Waals surface area (Å²) in [5.74, 6) is -0.602. The number of hydrogen-bond donors (Lipinski definition) is 3. The van der Waals surface area contributed by atoms with Gasteiger partial charge in [0.25, 0.3) is 5.91 Å². The molecular weight excluding hydrogens is 390 g/mol. The lowest BCUT2D eigenvalue weighted by atomic mass is 10.2. The minimum Gasteiger partial charge on any atom is -0.352 e. The Morgan fingerprint density at radius 1 is 1.07 bits per heavy atom. The molecule has 0 heterocycles.